The van der Waals surface area contributed by atoms with Crippen molar-refractivity contribution in [1.82, 2.24) is 0 Å². The number of nitrogens with two attached hydrogens (primary N) is 1. The molecule has 0 spiro atoms. The van der Waals surface area contributed by atoms with Crippen LogP contribution in [0.4, 0.5) is 18.9 Å². The van der Waals surface area contributed by atoms with Crippen molar-refractivity contribution in [1.29, 1.82) is 0 Å². The molecule has 2 N–H and O–H groups in total. The average Bonchev–Trinajstić information content (AvgIpc) is 2.39. The SMILES string of the molecule is CC.Nc1csc(C(F)(F)F)c1.S. The number of hydrogen-bond acceptors (Lipinski definition) is 2. The molecular weight excluding hydrogens is 219 g/mol. The number of anilines is 1. The predicted octanol–water partition coefficient (Wildman–Crippen LogP) is 3.49. The monoisotopic (exact) mass is 231 g/mol. The normalized spacial score (nSPS) is 9.62. The Kier molecular flexibility index (Phi) is 7.15. The van der Waals surface area contributed by atoms with Crippen LogP contribution in [0.5, 0.6) is 0 Å². The minimum absolute atomic E-state index is 0. The molecule has 1 aromatic heterocycles. The molecule has 0 saturated carbocycles. The molecule has 0 aliphatic carbocycles. The predicted molar refractivity (Wildman–Crippen MR) is 55.5 cm³/mol. The van der Waals surface area contributed by atoms with Crippen molar-refractivity contribution < 1.29 is 13.2 Å². The van der Waals surface area contributed by atoms with E-state index >= 15 is 0 Å². The summed E-state index contributed by atoms with van der Waals surface area (Å²) < 4.78 is 35.3. The first-order valence-corrected chi connectivity index (χ1v) is 4.29. The molecule has 0 aliphatic heterocycles. The van der Waals surface area contributed by atoms with Crippen LogP contribution in [0.1, 0.15) is 18.7 Å². The number of rotatable bonds is 0. The van der Waals surface area contributed by atoms with Crippen LogP contribution in [-0.4, -0.2) is 0 Å². The van der Waals surface area contributed by atoms with Crippen molar-refractivity contribution in [3.05, 3.63) is 16.3 Å². The van der Waals surface area contributed by atoms with Crippen LogP contribution in [0, 0.1) is 0 Å². The van der Waals surface area contributed by atoms with Crippen LogP contribution < -0.4 is 5.73 Å². The highest BCUT2D eigenvalue weighted by Crippen LogP contribution is 2.34. The number of halogens is 3. The third kappa shape index (κ3) is 5.05. The molecule has 78 valence electrons. The van der Waals surface area contributed by atoms with Gasteiger partial charge in [0.2, 0.25) is 0 Å². The average molecular weight is 231 g/mol. The van der Waals surface area contributed by atoms with Gasteiger partial charge in [-0.15, -0.1) is 11.3 Å². The van der Waals surface area contributed by atoms with E-state index in [2.05, 4.69) is 0 Å². The van der Waals surface area contributed by atoms with Gasteiger partial charge in [-0.3, -0.25) is 0 Å². The number of hydrogen-bond donors (Lipinski definition) is 1. The largest absolute Gasteiger partial charge is 0.425 e. The lowest BCUT2D eigenvalue weighted by atomic mass is 10.4. The van der Waals surface area contributed by atoms with Gasteiger partial charge >= 0.3 is 6.18 Å². The van der Waals surface area contributed by atoms with Crippen LogP contribution >= 0.6 is 24.8 Å². The van der Waals surface area contributed by atoms with Gasteiger partial charge in [0.25, 0.3) is 0 Å². The van der Waals surface area contributed by atoms with Gasteiger partial charge in [0, 0.05) is 11.1 Å². The summed E-state index contributed by atoms with van der Waals surface area (Å²) in [5.74, 6) is 0. The Bertz CT molecular complexity index is 232. The molecule has 0 bridgehead atoms. The topological polar surface area (TPSA) is 26.0 Å². The van der Waals surface area contributed by atoms with E-state index in [0.717, 1.165) is 6.07 Å². The van der Waals surface area contributed by atoms with Crippen molar-refractivity contribution in [2.45, 2.75) is 20.0 Å². The summed E-state index contributed by atoms with van der Waals surface area (Å²) in [6.07, 6.45) is -4.25. The first-order valence-electron chi connectivity index (χ1n) is 3.41. The maximum atomic E-state index is 11.8. The van der Waals surface area contributed by atoms with Gasteiger partial charge in [-0.05, 0) is 6.07 Å². The quantitative estimate of drug-likeness (QED) is 0.726. The van der Waals surface area contributed by atoms with E-state index in [1.165, 1.54) is 5.38 Å². The standard InChI is InChI=1S/C5H4F3NS.C2H6.H2S/c6-5(7,8)4-1-3(9)2-10-4;1-2;/h1-2H,9H2;1-2H3;1H2. The van der Waals surface area contributed by atoms with E-state index < -0.39 is 11.1 Å². The highest BCUT2D eigenvalue weighted by atomic mass is 32.1. The molecule has 1 nitrogen and oxygen atoms in total. The number of nitrogen functional groups attached to an aromatic ring is 1. The zero-order valence-corrected chi connectivity index (χ0v) is 9.09. The molecule has 6 heteroatoms. The van der Waals surface area contributed by atoms with E-state index in [0.29, 0.717) is 11.3 Å². The van der Waals surface area contributed by atoms with Gasteiger partial charge in [0.1, 0.15) is 4.88 Å². The molecular formula is C7H12F3NS2. The Labute approximate surface area is 86.2 Å². The van der Waals surface area contributed by atoms with E-state index in [1.54, 1.807) is 0 Å². The molecule has 0 radical (unpaired) electrons. The Balaban J connectivity index is 0. The van der Waals surface area contributed by atoms with Crippen molar-refractivity contribution in [3.8, 4) is 0 Å². The summed E-state index contributed by atoms with van der Waals surface area (Å²) in [4.78, 5) is -0.648. The van der Waals surface area contributed by atoms with E-state index in [-0.39, 0.29) is 19.2 Å². The zero-order valence-electron chi connectivity index (χ0n) is 7.27. The highest BCUT2D eigenvalue weighted by Gasteiger charge is 2.31. The smallest absolute Gasteiger partial charge is 0.398 e. The minimum Gasteiger partial charge on any atom is -0.398 e. The minimum atomic E-state index is -4.25. The Hall–Kier alpha value is -0.360. The summed E-state index contributed by atoms with van der Waals surface area (Å²) >= 11 is 0.606. The fraction of sp³-hybridized carbons (Fsp3) is 0.429. The Morgan fingerprint density at radius 1 is 1.31 bits per heavy atom. The van der Waals surface area contributed by atoms with Gasteiger partial charge in [-0.2, -0.15) is 26.7 Å². The summed E-state index contributed by atoms with van der Waals surface area (Å²) in [7, 11) is 0. The summed E-state index contributed by atoms with van der Waals surface area (Å²) in [5, 5.41) is 1.27. The van der Waals surface area contributed by atoms with E-state index in [1.807, 2.05) is 13.8 Å². The summed E-state index contributed by atoms with van der Waals surface area (Å²) in [5.41, 5.74) is 5.25. The molecule has 0 saturated heterocycles. The van der Waals surface area contributed by atoms with Crippen LogP contribution in [0.25, 0.3) is 0 Å². The van der Waals surface area contributed by atoms with Crippen LogP contribution in [0.15, 0.2) is 11.4 Å². The second kappa shape index (κ2) is 6.15. The molecule has 0 unspecified atom stereocenters. The summed E-state index contributed by atoms with van der Waals surface area (Å²) in [6, 6.07) is 0.921. The molecule has 0 aromatic carbocycles. The Morgan fingerprint density at radius 3 is 1.92 bits per heavy atom. The lowest BCUT2D eigenvalue weighted by Crippen LogP contribution is -2.00. The third-order valence-corrected chi connectivity index (χ3v) is 1.89. The lowest BCUT2D eigenvalue weighted by Gasteiger charge is -1.99. The van der Waals surface area contributed by atoms with Crippen LogP contribution in [0.3, 0.4) is 0 Å². The second-order valence-electron chi connectivity index (χ2n) is 1.74. The molecule has 0 atom stereocenters. The highest BCUT2D eigenvalue weighted by molar-refractivity contribution is 7.59. The summed E-state index contributed by atoms with van der Waals surface area (Å²) in [6.45, 7) is 4.00. The third-order valence-electron chi connectivity index (χ3n) is 0.899. The van der Waals surface area contributed by atoms with Gasteiger partial charge in [0.05, 0.1) is 0 Å². The second-order valence-corrected chi connectivity index (χ2v) is 2.65. The molecule has 0 aliphatic rings. The first kappa shape index (κ1) is 15.1. The van der Waals surface area contributed by atoms with E-state index in [9.17, 15) is 13.2 Å². The molecule has 0 fully saturated rings. The van der Waals surface area contributed by atoms with Gasteiger partial charge < -0.3 is 5.73 Å². The van der Waals surface area contributed by atoms with Gasteiger partial charge in [0.15, 0.2) is 0 Å². The number of alkyl halides is 3. The molecule has 1 aromatic rings. The van der Waals surface area contributed by atoms with Gasteiger partial charge in [-0.1, -0.05) is 13.8 Å². The first-order chi connectivity index (χ1) is 5.50. The Morgan fingerprint density at radius 2 is 1.77 bits per heavy atom. The molecule has 1 heterocycles. The van der Waals surface area contributed by atoms with Crippen molar-refractivity contribution in [3.63, 3.8) is 0 Å². The van der Waals surface area contributed by atoms with Gasteiger partial charge in [-0.25, -0.2) is 0 Å². The maximum Gasteiger partial charge on any atom is 0.425 e. The molecule has 13 heavy (non-hydrogen) atoms. The van der Waals surface area contributed by atoms with Crippen molar-refractivity contribution in [2.75, 3.05) is 5.73 Å². The number of thiophene rings is 1. The molecule has 1 rings (SSSR count). The fourth-order valence-electron chi connectivity index (χ4n) is 0.500. The van der Waals surface area contributed by atoms with Crippen molar-refractivity contribution >= 4 is 30.5 Å². The van der Waals surface area contributed by atoms with Crippen molar-refractivity contribution in [2.24, 2.45) is 0 Å². The fourth-order valence-corrected chi connectivity index (χ4v) is 1.17. The lowest BCUT2D eigenvalue weighted by molar-refractivity contribution is -0.134. The van der Waals surface area contributed by atoms with Crippen LogP contribution in [-0.2, 0) is 6.18 Å². The maximum absolute atomic E-state index is 11.8. The van der Waals surface area contributed by atoms with Crippen LogP contribution in [0.2, 0.25) is 0 Å². The zero-order chi connectivity index (χ0) is 9.78. The van der Waals surface area contributed by atoms with E-state index in [4.69, 9.17) is 5.73 Å². The molecule has 0 amide bonds.